The highest BCUT2D eigenvalue weighted by atomic mass is 16.3. The van der Waals surface area contributed by atoms with Crippen molar-refractivity contribution in [2.75, 3.05) is 0 Å². The molecule has 0 radical (unpaired) electrons. The van der Waals surface area contributed by atoms with Crippen LogP contribution in [0, 0.1) is 0 Å². The molecule has 192 valence electrons. The molecule has 0 aliphatic rings. The van der Waals surface area contributed by atoms with Crippen LogP contribution < -0.4 is 0 Å². The predicted molar refractivity (Wildman–Crippen MR) is 166 cm³/mol. The minimum atomic E-state index is 0.847. The second kappa shape index (κ2) is 8.44. The fourth-order valence-corrected chi connectivity index (χ4v) is 6.06. The highest BCUT2D eigenvalue weighted by molar-refractivity contribution is 6.21. The smallest absolute Gasteiger partial charge is 0.147 e. The van der Waals surface area contributed by atoms with Gasteiger partial charge in [0.25, 0.3) is 0 Å². The second-order valence-corrected chi connectivity index (χ2v) is 10.5. The molecule has 0 bridgehead atoms. The normalized spacial score (nSPS) is 11.9. The van der Waals surface area contributed by atoms with E-state index in [0.29, 0.717) is 0 Å². The molecule has 0 N–H and O–H groups in total. The van der Waals surface area contributed by atoms with Crippen molar-refractivity contribution in [1.29, 1.82) is 0 Å². The van der Waals surface area contributed by atoms with Gasteiger partial charge in [0, 0.05) is 39.5 Å². The molecule has 0 saturated heterocycles. The Morgan fingerprint density at radius 2 is 1.12 bits per heavy atom. The Hall–Kier alpha value is -5.61. The monoisotopic (exact) mass is 526 g/mol. The van der Waals surface area contributed by atoms with Gasteiger partial charge in [-0.05, 0) is 53.1 Å². The van der Waals surface area contributed by atoms with E-state index in [-0.39, 0.29) is 0 Å². The lowest BCUT2D eigenvalue weighted by Gasteiger charge is -2.08. The van der Waals surface area contributed by atoms with E-state index in [0.717, 1.165) is 83.0 Å². The molecule has 4 aromatic heterocycles. The van der Waals surface area contributed by atoms with E-state index >= 15 is 0 Å². The van der Waals surface area contributed by atoms with E-state index in [9.17, 15) is 0 Å². The zero-order chi connectivity index (χ0) is 26.9. The Morgan fingerprint density at radius 3 is 1.83 bits per heavy atom. The number of furan rings is 2. The number of imidazole rings is 1. The molecule has 0 fully saturated rings. The van der Waals surface area contributed by atoms with Crippen LogP contribution in [0.25, 0.3) is 83.0 Å². The van der Waals surface area contributed by atoms with Gasteiger partial charge in [0.1, 0.15) is 28.0 Å². The van der Waals surface area contributed by atoms with Gasteiger partial charge in [-0.25, -0.2) is 4.98 Å². The standard InChI is InChI=1S/C37H22N2O2/c1-3-12-32-27(10-1)29-21-30-28-11-2-4-13-33(28)41-37(30)35(36(29)40-32)24-17-15-23(16-18-24)25-8-7-9-26(20-25)31-22-39-19-6-5-14-34(39)38-31/h1-22H. The molecular formula is C37H22N2O2. The van der Waals surface area contributed by atoms with Gasteiger partial charge >= 0.3 is 0 Å². The van der Waals surface area contributed by atoms with Crippen molar-refractivity contribution >= 4 is 49.5 Å². The van der Waals surface area contributed by atoms with E-state index in [1.54, 1.807) is 0 Å². The van der Waals surface area contributed by atoms with Gasteiger partial charge < -0.3 is 13.2 Å². The summed E-state index contributed by atoms with van der Waals surface area (Å²) in [5, 5.41) is 4.41. The van der Waals surface area contributed by atoms with E-state index < -0.39 is 0 Å². The van der Waals surface area contributed by atoms with Crippen molar-refractivity contribution in [3.63, 3.8) is 0 Å². The van der Waals surface area contributed by atoms with Crippen LogP contribution in [0.2, 0.25) is 0 Å². The lowest BCUT2D eigenvalue weighted by Crippen LogP contribution is -1.84. The van der Waals surface area contributed by atoms with Crippen molar-refractivity contribution in [2.45, 2.75) is 0 Å². The number of hydrogen-bond acceptors (Lipinski definition) is 3. The molecule has 4 heteroatoms. The van der Waals surface area contributed by atoms with Crippen molar-refractivity contribution in [3.8, 4) is 33.5 Å². The largest absolute Gasteiger partial charge is 0.455 e. The van der Waals surface area contributed by atoms with Gasteiger partial charge in [-0.15, -0.1) is 0 Å². The Bertz CT molecular complexity index is 2300. The maximum atomic E-state index is 6.48. The Kier molecular flexibility index (Phi) is 4.58. The second-order valence-electron chi connectivity index (χ2n) is 10.5. The van der Waals surface area contributed by atoms with E-state index in [1.807, 2.05) is 53.1 Å². The number of benzene rings is 5. The summed E-state index contributed by atoms with van der Waals surface area (Å²) in [5.41, 5.74) is 10.7. The summed E-state index contributed by atoms with van der Waals surface area (Å²) in [6.45, 7) is 0. The molecule has 9 rings (SSSR count). The van der Waals surface area contributed by atoms with Crippen LogP contribution in [0.1, 0.15) is 0 Å². The maximum absolute atomic E-state index is 6.48. The molecule has 0 aliphatic heterocycles. The average molecular weight is 527 g/mol. The first-order chi connectivity index (χ1) is 20.3. The van der Waals surface area contributed by atoms with E-state index in [1.165, 1.54) is 0 Å². The predicted octanol–water partition coefficient (Wildman–Crippen LogP) is 10.1. The molecule has 0 spiro atoms. The van der Waals surface area contributed by atoms with Crippen LogP contribution in [0.4, 0.5) is 0 Å². The summed E-state index contributed by atoms with van der Waals surface area (Å²) in [4.78, 5) is 4.81. The quantitative estimate of drug-likeness (QED) is 0.230. The Balaban J connectivity index is 1.21. The molecule has 0 amide bonds. The van der Waals surface area contributed by atoms with Crippen molar-refractivity contribution < 1.29 is 8.83 Å². The summed E-state index contributed by atoms with van der Waals surface area (Å²) in [5.74, 6) is 0. The highest BCUT2D eigenvalue weighted by Gasteiger charge is 2.21. The van der Waals surface area contributed by atoms with Crippen molar-refractivity contribution in [2.24, 2.45) is 0 Å². The maximum Gasteiger partial charge on any atom is 0.147 e. The summed E-state index contributed by atoms with van der Waals surface area (Å²) in [6.07, 6.45) is 4.10. The van der Waals surface area contributed by atoms with Crippen molar-refractivity contribution in [1.82, 2.24) is 9.38 Å². The van der Waals surface area contributed by atoms with Crippen LogP contribution in [-0.4, -0.2) is 9.38 Å². The van der Waals surface area contributed by atoms with Crippen molar-refractivity contribution in [3.05, 3.63) is 134 Å². The van der Waals surface area contributed by atoms with Crippen LogP contribution >= 0.6 is 0 Å². The molecule has 0 aliphatic carbocycles. The van der Waals surface area contributed by atoms with Crippen LogP contribution in [0.5, 0.6) is 0 Å². The molecular weight excluding hydrogens is 504 g/mol. The lowest BCUT2D eigenvalue weighted by molar-refractivity contribution is 0.658. The first kappa shape index (κ1) is 22.2. The van der Waals surface area contributed by atoms with E-state index in [2.05, 4.69) is 85.1 Å². The number of para-hydroxylation sites is 2. The minimum Gasteiger partial charge on any atom is -0.455 e. The van der Waals surface area contributed by atoms with Gasteiger partial charge in [-0.1, -0.05) is 84.9 Å². The van der Waals surface area contributed by atoms with Gasteiger partial charge in [-0.3, -0.25) is 0 Å². The Labute approximate surface area is 234 Å². The van der Waals surface area contributed by atoms with Gasteiger partial charge in [0.05, 0.1) is 11.3 Å². The molecule has 4 nitrogen and oxygen atoms in total. The molecule has 4 heterocycles. The highest BCUT2D eigenvalue weighted by Crippen LogP contribution is 2.44. The van der Waals surface area contributed by atoms with Crippen LogP contribution in [0.3, 0.4) is 0 Å². The Morgan fingerprint density at radius 1 is 0.488 bits per heavy atom. The molecule has 41 heavy (non-hydrogen) atoms. The van der Waals surface area contributed by atoms with Gasteiger partial charge in [0.2, 0.25) is 0 Å². The summed E-state index contributed by atoms with van der Waals surface area (Å²) < 4.78 is 15.0. The fourth-order valence-electron chi connectivity index (χ4n) is 6.06. The minimum absolute atomic E-state index is 0.847. The summed E-state index contributed by atoms with van der Waals surface area (Å²) in [6, 6.07) is 41.9. The topological polar surface area (TPSA) is 43.6 Å². The fraction of sp³-hybridized carbons (Fsp3) is 0. The van der Waals surface area contributed by atoms with Crippen LogP contribution in [-0.2, 0) is 0 Å². The number of nitrogens with zero attached hydrogens (tertiary/aromatic N) is 2. The molecule has 9 aromatic rings. The number of pyridine rings is 1. The third kappa shape index (κ3) is 3.38. The SMILES string of the molecule is c1cc(-c2ccc(-c3c4oc5ccccc5c4cc4c3oc3ccccc34)cc2)cc(-c2cn3ccccc3n2)c1. The van der Waals surface area contributed by atoms with E-state index in [4.69, 9.17) is 13.8 Å². The summed E-state index contributed by atoms with van der Waals surface area (Å²) in [7, 11) is 0. The molecule has 0 saturated carbocycles. The van der Waals surface area contributed by atoms with Gasteiger partial charge in [0.15, 0.2) is 0 Å². The zero-order valence-corrected chi connectivity index (χ0v) is 21.9. The van der Waals surface area contributed by atoms with Crippen LogP contribution in [0.15, 0.2) is 143 Å². The summed E-state index contributed by atoms with van der Waals surface area (Å²) >= 11 is 0. The lowest BCUT2D eigenvalue weighted by atomic mass is 9.96. The average Bonchev–Trinajstić information content (AvgIpc) is 3.73. The zero-order valence-electron chi connectivity index (χ0n) is 21.9. The number of aromatic nitrogens is 2. The molecule has 0 unspecified atom stereocenters. The number of rotatable bonds is 3. The number of fused-ring (bicyclic) bond motifs is 7. The molecule has 5 aromatic carbocycles. The first-order valence-corrected chi connectivity index (χ1v) is 13.7. The first-order valence-electron chi connectivity index (χ1n) is 13.7. The van der Waals surface area contributed by atoms with Gasteiger partial charge in [-0.2, -0.15) is 0 Å². The number of hydrogen-bond donors (Lipinski definition) is 0. The third-order valence-corrected chi connectivity index (χ3v) is 8.04. The third-order valence-electron chi connectivity index (χ3n) is 8.04. The molecule has 0 atom stereocenters.